The van der Waals surface area contributed by atoms with Gasteiger partial charge in [-0.2, -0.15) is 0 Å². The molecule has 224 valence electrons. The Balaban J connectivity index is 0.000000142. The van der Waals surface area contributed by atoms with E-state index >= 15 is 0 Å². The summed E-state index contributed by atoms with van der Waals surface area (Å²) in [5.41, 5.74) is 11.9. The summed E-state index contributed by atoms with van der Waals surface area (Å²) < 4.78 is 0. The molecule has 0 radical (unpaired) electrons. The van der Waals surface area contributed by atoms with Crippen LogP contribution in [0.2, 0.25) is 0 Å². The Morgan fingerprint density at radius 1 is 0.682 bits per heavy atom. The Morgan fingerprint density at radius 3 is 1.95 bits per heavy atom. The molecule has 0 bridgehead atoms. The molecule has 0 atom stereocenters. The standard InChI is InChI=1S/C21H21N.C17H20N4S/c1-22-14-12-18(13-15-22)21-19-8-4-2-6-16(19)10-11-17-7-3-5-9-20(17)21;1-12-11-13-16(21-9-7-20(2)8-10-21)18-14-5-3-4-6-15(14)19-17(13)22-12/h2-11H,12-15H2,1H3;3-6,11,19H,7-10H2,1-2H3. The van der Waals surface area contributed by atoms with Gasteiger partial charge in [-0.25, -0.2) is 4.99 Å². The first-order valence-electron chi connectivity index (χ1n) is 15.8. The van der Waals surface area contributed by atoms with Crippen LogP contribution in [0.5, 0.6) is 0 Å². The monoisotopic (exact) mass is 599 g/mol. The number of aryl methyl sites for hydroxylation is 1. The van der Waals surface area contributed by atoms with Crippen molar-refractivity contribution >= 4 is 51.3 Å². The molecule has 6 heteroatoms. The minimum absolute atomic E-state index is 1.03. The lowest BCUT2D eigenvalue weighted by Crippen LogP contribution is -2.47. The van der Waals surface area contributed by atoms with Crippen molar-refractivity contribution in [2.75, 3.05) is 58.7 Å². The molecule has 44 heavy (non-hydrogen) atoms. The van der Waals surface area contributed by atoms with Crippen LogP contribution in [0.25, 0.3) is 17.7 Å². The van der Waals surface area contributed by atoms with Crippen LogP contribution < -0.4 is 5.32 Å². The molecule has 4 aromatic rings. The second-order valence-corrected chi connectivity index (χ2v) is 13.5. The van der Waals surface area contributed by atoms with E-state index in [1.165, 1.54) is 56.1 Å². The van der Waals surface area contributed by atoms with Crippen molar-refractivity contribution in [2.24, 2.45) is 4.99 Å². The normalized spacial score (nSPS) is 18.0. The number of amidine groups is 1. The number of likely N-dealkylation sites (N-methyl/N-ethyl adjacent to an activating group) is 1. The summed E-state index contributed by atoms with van der Waals surface area (Å²) in [6.07, 6.45) is 6.87. The van der Waals surface area contributed by atoms with Gasteiger partial charge in [0.25, 0.3) is 0 Å². The number of piperazine rings is 1. The van der Waals surface area contributed by atoms with Gasteiger partial charge in [0.2, 0.25) is 0 Å². The maximum Gasteiger partial charge on any atom is 0.139 e. The van der Waals surface area contributed by atoms with Gasteiger partial charge >= 0.3 is 0 Å². The van der Waals surface area contributed by atoms with Crippen molar-refractivity contribution in [3.63, 3.8) is 0 Å². The number of likely N-dealkylation sites (tertiary alicyclic amines) is 1. The molecule has 2 fully saturated rings. The molecule has 1 N–H and O–H groups in total. The highest BCUT2D eigenvalue weighted by molar-refractivity contribution is 7.16. The van der Waals surface area contributed by atoms with Crippen LogP contribution in [0.3, 0.4) is 0 Å². The Morgan fingerprint density at radius 2 is 1.27 bits per heavy atom. The fourth-order valence-electron chi connectivity index (χ4n) is 6.59. The molecule has 8 rings (SSSR count). The SMILES string of the molecule is CN1CCC(=C2c3ccccc3C=Cc3ccccc32)CC1.Cc1cc2c(s1)Nc1ccccc1N=C2N1CCN(C)CC1. The number of piperidine rings is 1. The molecular weight excluding hydrogens is 559 g/mol. The van der Waals surface area contributed by atoms with Gasteiger partial charge in [-0.1, -0.05) is 78.4 Å². The molecule has 5 nitrogen and oxygen atoms in total. The van der Waals surface area contributed by atoms with Gasteiger partial charge in [0, 0.05) is 44.1 Å². The lowest BCUT2D eigenvalue weighted by molar-refractivity contribution is 0.216. The molecule has 1 aromatic heterocycles. The van der Waals surface area contributed by atoms with Gasteiger partial charge in [-0.05, 0) is 79.9 Å². The topological polar surface area (TPSA) is 34.1 Å². The van der Waals surface area contributed by atoms with Crippen LogP contribution in [0.15, 0.2) is 89.4 Å². The molecule has 1 aliphatic carbocycles. The fourth-order valence-corrected chi connectivity index (χ4v) is 7.51. The summed E-state index contributed by atoms with van der Waals surface area (Å²) in [6.45, 7) is 8.73. The number of benzene rings is 3. The minimum atomic E-state index is 1.03. The van der Waals surface area contributed by atoms with Crippen molar-refractivity contribution in [3.8, 4) is 0 Å². The quantitative estimate of drug-likeness (QED) is 0.195. The Kier molecular flexibility index (Phi) is 8.22. The fraction of sp³-hybridized carbons (Fsp3) is 0.289. The van der Waals surface area contributed by atoms with E-state index in [0.29, 0.717) is 0 Å². The third kappa shape index (κ3) is 5.90. The highest BCUT2D eigenvalue weighted by Crippen LogP contribution is 2.40. The van der Waals surface area contributed by atoms with Gasteiger partial charge in [0.05, 0.1) is 16.9 Å². The number of nitrogens with one attached hydrogen (secondary N) is 1. The third-order valence-electron chi connectivity index (χ3n) is 9.12. The Bertz CT molecular complexity index is 1690. The number of hydrogen-bond acceptors (Lipinski definition) is 6. The predicted octanol–water partition coefficient (Wildman–Crippen LogP) is 8.14. The molecule has 0 spiro atoms. The van der Waals surface area contributed by atoms with Crippen LogP contribution in [0.1, 0.15) is 45.5 Å². The second kappa shape index (κ2) is 12.6. The van der Waals surface area contributed by atoms with E-state index in [4.69, 9.17) is 4.99 Å². The average Bonchev–Trinajstić information content (AvgIpc) is 3.23. The number of para-hydroxylation sites is 2. The highest BCUT2D eigenvalue weighted by atomic mass is 32.1. The molecule has 3 aliphatic heterocycles. The maximum atomic E-state index is 5.01. The number of nitrogens with zero attached hydrogens (tertiary/aromatic N) is 4. The lowest BCUT2D eigenvalue weighted by atomic mass is 9.86. The van der Waals surface area contributed by atoms with E-state index in [0.717, 1.165) is 56.5 Å². The summed E-state index contributed by atoms with van der Waals surface area (Å²) in [4.78, 5) is 13.6. The Labute approximate surface area is 265 Å². The number of thiophene rings is 1. The number of aliphatic imine (C=N–C) groups is 1. The summed E-state index contributed by atoms with van der Waals surface area (Å²) in [5.74, 6) is 1.12. The first kappa shape index (κ1) is 28.8. The smallest absolute Gasteiger partial charge is 0.139 e. The third-order valence-corrected chi connectivity index (χ3v) is 10.1. The maximum absolute atomic E-state index is 5.01. The van der Waals surface area contributed by atoms with Crippen LogP contribution >= 0.6 is 11.3 Å². The largest absolute Gasteiger partial charge is 0.353 e. The van der Waals surface area contributed by atoms with Crippen LogP contribution in [0, 0.1) is 6.92 Å². The average molecular weight is 600 g/mol. The molecule has 0 saturated carbocycles. The molecule has 2 saturated heterocycles. The summed E-state index contributed by atoms with van der Waals surface area (Å²) in [6, 6.07) is 28.2. The van der Waals surface area contributed by atoms with Crippen molar-refractivity contribution < 1.29 is 0 Å². The zero-order valence-electron chi connectivity index (χ0n) is 26.0. The van der Waals surface area contributed by atoms with E-state index in [1.807, 2.05) is 0 Å². The lowest BCUT2D eigenvalue weighted by Gasteiger charge is -2.34. The van der Waals surface area contributed by atoms with Crippen molar-refractivity contribution in [1.82, 2.24) is 14.7 Å². The number of hydrogen-bond donors (Lipinski definition) is 1. The molecule has 4 heterocycles. The van der Waals surface area contributed by atoms with Crippen molar-refractivity contribution in [1.29, 1.82) is 0 Å². The van der Waals surface area contributed by atoms with Crippen molar-refractivity contribution in [3.05, 3.63) is 117 Å². The summed E-state index contributed by atoms with van der Waals surface area (Å²) in [5, 5.41) is 4.78. The zero-order valence-corrected chi connectivity index (χ0v) is 26.8. The van der Waals surface area contributed by atoms with Crippen LogP contribution in [0.4, 0.5) is 16.4 Å². The molecule has 4 aliphatic rings. The summed E-state index contributed by atoms with van der Waals surface area (Å²) >= 11 is 1.81. The van der Waals surface area contributed by atoms with E-state index in [9.17, 15) is 0 Å². The summed E-state index contributed by atoms with van der Waals surface area (Å²) in [7, 11) is 4.40. The van der Waals surface area contributed by atoms with E-state index in [-0.39, 0.29) is 0 Å². The van der Waals surface area contributed by atoms with Gasteiger partial charge in [-0.3, -0.25) is 0 Å². The van der Waals surface area contributed by atoms with Gasteiger partial charge in [-0.15, -0.1) is 11.3 Å². The van der Waals surface area contributed by atoms with Crippen LogP contribution in [-0.4, -0.2) is 73.9 Å². The van der Waals surface area contributed by atoms with Gasteiger partial charge < -0.3 is 20.0 Å². The van der Waals surface area contributed by atoms with Crippen molar-refractivity contribution in [2.45, 2.75) is 19.8 Å². The molecule has 0 amide bonds. The van der Waals surface area contributed by atoms with E-state index in [2.05, 4.69) is 132 Å². The Hall–Kier alpha value is -3.97. The molecular formula is C38H41N5S. The predicted molar refractivity (Wildman–Crippen MR) is 189 cm³/mol. The first-order chi connectivity index (χ1) is 21.5. The van der Waals surface area contributed by atoms with E-state index < -0.39 is 0 Å². The number of fused-ring (bicyclic) bond motifs is 4. The van der Waals surface area contributed by atoms with Crippen LogP contribution in [-0.2, 0) is 0 Å². The molecule has 3 aromatic carbocycles. The number of anilines is 2. The van der Waals surface area contributed by atoms with E-state index in [1.54, 1.807) is 16.9 Å². The minimum Gasteiger partial charge on any atom is -0.353 e. The highest BCUT2D eigenvalue weighted by Gasteiger charge is 2.25. The first-order valence-corrected chi connectivity index (χ1v) is 16.6. The number of rotatable bonds is 0. The zero-order chi connectivity index (χ0) is 30.0. The van der Waals surface area contributed by atoms with Gasteiger partial charge in [0.15, 0.2) is 0 Å². The van der Waals surface area contributed by atoms with Gasteiger partial charge in [0.1, 0.15) is 10.8 Å². The molecule has 0 unspecified atom stereocenters. The second-order valence-electron chi connectivity index (χ2n) is 12.3.